The maximum Gasteiger partial charge on any atom is 0.330 e. The second kappa shape index (κ2) is 7.44. The van der Waals surface area contributed by atoms with Crippen LogP contribution >= 0.6 is 0 Å². The lowest BCUT2D eigenvalue weighted by Gasteiger charge is -2.19. The summed E-state index contributed by atoms with van der Waals surface area (Å²) in [5.74, 6) is 0.232. The van der Waals surface area contributed by atoms with Crippen LogP contribution in [0.1, 0.15) is 46.5 Å². The molecule has 0 aliphatic carbocycles. The van der Waals surface area contributed by atoms with E-state index in [0.29, 0.717) is 12.5 Å². The van der Waals surface area contributed by atoms with Gasteiger partial charge in [0.25, 0.3) is 0 Å². The van der Waals surface area contributed by atoms with Crippen LogP contribution < -0.4 is 5.73 Å². The molecule has 0 rings (SSSR count). The van der Waals surface area contributed by atoms with Crippen molar-refractivity contribution in [1.82, 2.24) is 0 Å². The molecular weight excluding hydrogens is 202 g/mol. The van der Waals surface area contributed by atoms with Crippen molar-refractivity contribution in [2.45, 2.75) is 52.0 Å². The molecule has 0 amide bonds. The summed E-state index contributed by atoms with van der Waals surface area (Å²) >= 11 is 0. The van der Waals surface area contributed by atoms with Gasteiger partial charge in [0.05, 0.1) is 6.61 Å². The van der Waals surface area contributed by atoms with Gasteiger partial charge in [-0.1, -0.05) is 26.3 Å². The summed E-state index contributed by atoms with van der Waals surface area (Å²) in [6.07, 6.45) is 5.39. The van der Waals surface area contributed by atoms with E-state index in [9.17, 15) is 4.79 Å². The molecular formula is C13H25NO2. The first-order valence-corrected chi connectivity index (χ1v) is 5.93. The number of carbonyl (C=O) groups is 1. The molecule has 0 spiro atoms. The van der Waals surface area contributed by atoms with Gasteiger partial charge in [-0.3, -0.25) is 0 Å². The topological polar surface area (TPSA) is 52.3 Å². The van der Waals surface area contributed by atoms with Gasteiger partial charge in [0.15, 0.2) is 0 Å². The Labute approximate surface area is 99.0 Å². The summed E-state index contributed by atoms with van der Waals surface area (Å²) in [5.41, 5.74) is 5.82. The minimum Gasteiger partial charge on any atom is -0.463 e. The van der Waals surface area contributed by atoms with Crippen molar-refractivity contribution in [3.8, 4) is 0 Å². The summed E-state index contributed by atoms with van der Waals surface area (Å²) in [7, 11) is 0. The third-order valence-corrected chi connectivity index (χ3v) is 2.54. The zero-order chi connectivity index (χ0) is 12.6. The van der Waals surface area contributed by atoms with Gasteiger partial charge in [-0.2, -0.15) is 0 Å². The van der Waals surface area contributed by atoms with Crippen molar-refractivity contribution in [2.24, 2.45) is 11.7 Å². The minimum absolute atomic E-state index is 0.0744. The maximum absolute atomic E-state index is 10.8. The fraction of sp³-hybridized carbons (Fsp3) is 0.769. The van der Waals surface area contributed by atoms with Crippen LogP contribution in [0.25, 0.3) is 0 Å². The highest BCUT2D eigenvalue weighted by Crippen LogP contribution is 2.16. The highest BCUT2D eigenvalue weighted by atomic mass is 16.5. The molecule has 0 saturated carbocycles. The molecule has 1 atom stereocenters. The molecule has 1 unspecified atom stereocenters. The first-order valence-electron chi connectivity index (χ1n) is 5.93. The number of hydrogen-bond acceptors (Lipinski definition) is 3. The van der Waals surface area contributed by atoms with Gasteiger partial charge in [-0.15, -0.1) is 0 Å². The fourth-order valence-corrected chi connectivity index (χ4v) is 1.47. The molecule has 0 aromatic rings. The average molecular weight is 227 g/mol. The van der Waals surface area contributed by atoms with Crippen molar-refractivity contribution in [3.63, 3.8) is 0 Å². The SMILES string of the molecule is C=CC(=O)OCCC(C)CCCC(C)(C)N. The lowest BCUT2D eigenvalue weighted by molar-refractivity contribution is -0.138. The van der Waals surface area contributed by atoms with Gasteiger partial charge in [0.2, 0.25) is 0 Å². The van der Waals surface area contributed by atoms with E-state index < -0.39 is 0 Å². The van der Waals surface area contributed by atoms with Crippen molar-refractivity contribution in [1.29, 1.82) is 0 Å². The van der Waals surface area contributed by atoms with Crippen LogP contribution in [0.2, 0.25) is 0 Å². The number of nitrogens with two attached hydrogens (primary N) is 1. The summed E-state index contributed by atoms with van der Waals surface area (Å²) in [4.78, 5) is 10.8. The van der Waals surface area contributed by atoms with E-state index in [4.69, 9.17) is 10.5 Å². The Kier molecular flexibility index (Phi) is 7.06. The Morgan fingerprint density at radius 1 is 1.50 bits per heavy atom. The lowest BCUT2D eigenvalue weighted by Crippen LogP contribution is -2.31. The first kappa shape index (κ1) is 15.2. The van der Waals surface area contributed by atoms with Crippen molar-refractivity contribution >= 4 is 5.97 Å². The van der Waals surface area contributed by atoms with E-state index in [2.05, 4.69) is 13.5 Å². The van der Waals surface area contributed by atoms with Crippen LogP contribution in [0.5, 0.6) is 0 Å². The summed E-state index contributed by atoms with van der Waals surface area (Å²) in [6.45, 7) is 10.1. The number of rotatable bonds is 8. The Hall–Kier alpha value is -0.830. The number of ether oxygens (including phenoxy) is 1. The monoisotopic (exact) mass is 227 g/mol. The van der Waals surface area contributed by atoms with Crippen LogP contribution in [-0.4, -0.2) is 18.1 Å². The highest BCUT2D eigenvalue weighted by molar-refractivity contribution is 5.81. The predicted octanol–water partition coefficient (Wildman–Crippen LogP) is 2.65. The largest absolute Gasteiger partial charge is 0.463 e. The molecule has 0 aliphatic rings. The van der Waals surface area contributed by atoms with Gasteiger partial charge in [0.1, 0.15) is 0 Å². The van der Waals surface area contributed by atoms with E-state index in [-0.39, 0.29) is 11.5 Å². The standard InChI is InChI=1S/C13H25NO2/c1-5-12(15)16-10-8-11(2)7-6-9-13(3,4)14/h5,11H,1,6-10,14H2,2-4H3. The normalized spacial score (nSPS) is 13.2. The minimum atomic E-state index is -0.338. The molecule has 2 N–H and O–H groups in total. The Bertz CT molecular complexity index is 218. The molecule has 3 heteroatoms. The fourth-order valence-electron chi connectivity index (χ4n) is 1.47. The van der Waals surface area contributed by atoms with Crippen LogP contribution in [0.4, 0.5) is 0 Å². The summed E-state index contributed by atoms with van der Waals surface area (Å²) in [6, 6.07) is 0. The Balaban J connectivity index is 3.48. The molecule has 94 valence electrons. The molecule has 0 bridgehead atoms. The summed E-state index contributed by atoms with van der Waals surface area (Å²) < 4.78 is 4.93. The smallest absolute Gasteiger partial charge is 0.330 e. The zero-order valence-electron chi connectivity index (χ0n) is 10.8. The van der Waals surface area contributed by atoms with Gasteiger partial charge in [0, 0.05) is 11.6 Å². The third-order valence-electron chi connectivity index (χ3n) is 2.54. The van der Waals surface area contributed by atoms with Gasteiger partial charge < -0.3 is 10.5 Å². The number of hydrogen-bond donors (Lipinski definition) is 1. The molecule has 0 radical (unpaired) electrons. The van der Waals surface area contributed by atoms with E-state index >= 15 is 0 Å². The van der Waals surface area contributed by atoms with E-state index in [0.717, 1.165) is 25.7 Å². The molecule has 0 fully saturated rings. The zero-order valence-corrected chi connectivity index (χ0v) is 10.8. The Morgan fingerprint density at radius 2 is 2.12 bits per heavy atom. The molecule has 0 heterocycles. The molecule has 16 heavy (non-hydrogen) atoms. The molecule has 0 aliphatic heterocycles. The van der Waals surface area contributed by atoms with Crippen LogP contribution in [-0.2, 0) is 9.53 Å². The van der Waals surface area contributed by atoms with Crippen molar-refractivity contribution < 1.29 is 9.53 Å². The van der Waals surface area contributed by atoms with E-state index in [1.165, 1.54) is 6.08 Å². The molecule has 0 aromatic carbocycles. The van der Waals surface area contributed by atoms with Crippen LogP contribution in [0.3, 0.4) is 0 Å². The molecule has 3 nitrogen and oxygen atoms in total. The van der Waals surface area contributed by atoms with Gasteiger partial charge in [-0.25, -0.2) is 4.79 Å². The van der Waals surface area contributed by atoms with Gasteiger partial charge >= 0.3 is 5.97 Å². The van der Waals surface area contributed by atoms with E-state index in [1.54, 1.807) is 0 Å². The van der Waals surface area contributed by atoms with Crippen molar-refractivity contribution in [3.05, 3.63) is 12.7 Å². The molecule has 0 saturated heterocycles. The number of esters is 1. The predicted molar refractivity (Wildman–Crippen MR) is 67.1 cm³/mol. The highest BCUT2D eigenvalue weighted by Gasteiger charge is 2.11. The van der Waals surface area contributed by atoms with Gasteiger partial charge in [-0.05, 0) is 32.6 Å². The average Bonchev–Trinajstić information content (AvgIpc) is 2.15. The number of carbonyl (C=O) groups excluding carboxylic acids is 1. The second-order valence-electron chi connectivity index (χ2n) is 5.15. The van der Waals surface area contributed by atoms with Crippen LogP contribution in [0.15, 0.2) is 12.7 Å². The lowest BCUT2D eigenvalue weighted by atomic mass is 9.94. The van der Waals surface area contributed by atoms with Crippen LogP contribution in [0, 0.1) is 5.92 Å². The van der Waals surface area contributed by atoms with E-state index in [1.807, 2.05) is 13.8 Å². The second-order valence-corrected chi connectivity index (χ2v) is 5.15. The quantitative estimate of drug-likeness (QED) is 0.512. The Morgan fingerprint density at radius 3 is 2.62 bits per heavy atom. The van der Waals surface area contributed by atoms with Crippen molar-refractivity contribution in [2.75, 3.05) is 6.61 Å². The maximum atomic E-state index is 10.8. The third kappa shape index (κ3) is 9.71. The summed E-state index contributed by atoms with van der Waals surface area (Å²) in [5, 5.41) is 0. The molecule has 0 aromatic heterocycles. The first-order chi connectivity index (χ1) is 7.35.